The molecule has 1 fully saturated rings. The number of rotatable bonds is 2. The van der Waals surface area contributed by atoms with Crippen LogP contribution in [0, 0.1) is 0 Å². The highest BCUT2D eigenvalue weighted by Gasteiger charge is 2.37. The Morgan fingerprint density at radius 2 is 2.00 bits per heavy atom. The van der Waals surface area contributed by atoms with Gasteiger partial charge in [-0.2, -0.15) is 0 Å². The molecule has 3 N–H and O–H groups in total. The first-order valence-electron chi connectivity index (χ1n) is 3.94. The number of aliphatic hydroxyl groups is 3. The van der Waals surface area contributed by atoms with Gasteiger partial charge >= 0.3 is 0 Å². The van der Waals surface area contributed by atoms with Gasteiger partial charge in [-0.25, -0.2) is 0 Å². The average Bonchev–Trinajstić information content (AvgIpc) is 2.07. The normalized spacial score (nSPS) is 43.0. The monoisotopic (exact) mass is 178 g/mol. The quantitative estimate of drug-likeness (QED) is 0.477. The third-order valence-electron chi connectivity index (χ3n) is 1.79. The molecule has 1 aliphatic heterocycles. The van der Waals surface area contributed by atoms with Crippen LogP contribution >= 0.6 is 0 Å². The van der Waals surface area contributed by atoms with E-state index in [1.165, 1.54) is 0 Å². The molecule has 0 radical (unpaired) electrons. The zero-order chi connectivity index (χ0) is 9.14. The van der Waals surface area contributed by atoms with Gasteiger partial charge in [-0.3, -0.25) is 0 Å². The standard InChI is InChI=1S/C7H14O5/c1-2-11-7-6(10)5(9)4(8)3-12-7/h4-10H,2-3H2,1H3/t4-,5+,6-,7+/m1/s1. The molecule has 1 rings (SSSR count). The highest BCUT2D eigenvalue weighted by molar-refractivity contribution is 4.82. The van der Waals surface area contributed by atoms with Crippen molar-refractivity contribution in [2.45, 2.75) is 31.5 Å². The van der Waals surface area contributed by atoms with Gasteiger partial charge in [0.2, 0.25) is 0 Å². The Morgan fingerprint density at radius 1 is 1.33 bits per heavy atom. The molecule has 0 aromatic heterocycles. The van der Waals surface area contributed by atoms with Crippen LogP contribution in [0.3, 0.4) is 0 Å². The first kappa shape index (κ1) is 9.88. The molecule has 0 bridgehead atoms. The van der Waals surface area contributed by atoms with Crippen molar-refractivity contribution in [3.8, 4) is 0 Å². The molecule has 0 saturated carbocycles. The molecule has 0 aromatic rings. The van der Waals surface area contributed by atoms with E-state index >= 15 is 0 Å². The Hall–Kier alpha value is -0.200. The largest absolute Gasteiger partial charge is 0.388 e. The first-order valence-corrected chi connectivity index (χ1v) is 3.94. The molecular weight excluding hydrogens is 164 g/mol. The van der Waals surface area contributed by atoms with E-state index < -0.39 is 24.6 Å². The molecule has 5 nitrogen and oxygen atoms in total. The number of aliphatic hydroxyl groups excluding tert-OH is 3. The minimum Gasteiger partial charge on any atom is -0.388 e. The van der Waals surface area contributed by atoms with Crippen LogP contribution in [-0.2, 0) is 9.47 Å². The Bertz CT molecular complexity index is 140. The zero-order valence-electron chi connectivity index (χ0n) is 6.88. The molecule has 0 spiro atoms. The topological polar surface area (TPSA) is 79.2 Å². The maximum Gasteiger partial charge on any atom is 0.186 e. The van der Waals surface area contributed by atoms with Crippen molar-refractivity contribution in [2.75, 3.05) is 13.2 Å². The summed E-state index contributed by atoms with van der Waals surface area (Å²) in [5, 5.41) is 27.5. The summed E-state index contributed by atoms with van der Waals surface area (Å²) in [7, 11) is 0. The molecule has 12 heavy (non-hydrogen) atoms. The fourth-order valence-electron chi connectivity index (χ4n) is 1.09. The molecule has 0 amide bonds. The predicted octanol–water partition coefficient (Wildman–Crippen LogP) is -1.54. The molecular formula is C7H14O5. The van der Waals surface area contributed by atoms with Crippen molar-refractivity contribution in [1.29, 1.82) is 0 Å². The summed E-state index contributed by atoms with van der Waals surface area (Å²) in [5.74, 6) is 0. The van der Waals surface area contributed by atoms with Crippen LogP contribution in [-0.4, -0.2) is 53.1 Å². The molecule has 4 atom stereocenters. The smallest absolute Gasteiger partial charge is 0.186 e. The second kappa shape index (κ2) is 4.15. The third-order valence-corrected chi connectivity index (χ3v) is 1.79. The van der Waals surface area contributed by atoms with E-state index in [9.17, 15) is 10.2 Å². The van der Waals surface area contributed by atoms with Crippen LogP contribution in [0.4, 0.5) is 0 Å². The Labute approximate surface area is 70.5 Å². The SMILES string of the molecule is CCO[C@H]1OC[C@@H](O)[C@H](O)[C@H]1O. The Morgan fingerprint density at radius 3 is 2.58 bits per heavy atom. The van der Waals surface area contributed by atoms with E-state index in [4.69, 9.17) is 14.6 Å². The molecule has 1 heterocycles. The lowest BCUT2D eigenvalue weighted by Crippen LogP contribution is -2.53. The van der Waals surface area contributed by atoms with Gasteiger partial charge in [0, 0.05) is 6.61 Å². The zero-order valence-corrected chi connectivity index (χ0v) is 6.88. The molecule has 0 aliphatic carbocycles. The van der Waals surface area contributed by atoms with Gasteiger partial charge < -0.3 is 24.8 Å². The van der Waals surface area contributed by atoms with Crippen LogP contribution in [0.25, 0.3) is 0 Å². The van der Waals surface area contributed by atoms with E-state index in [1.54, 1.807) is 6.92 Å². The van der Waals surface area contributed by atoms with Crippen LogP contribution in [0.1, 0.15) is 6.92 Å². The minimum atomic E-state index is -1.18. The van der Waals surface area contributed by atoms with E-state index in [0.717, 1.165) is 0 Å². The van der Waals surface area contributed by atoms with Gasteiger partial charge in [0.15, 0.2) is 6.29 Å². The van der Waals surface area contributed by atoms with E-state index in [0.29, 0.717) is 6.61 Å². The molecule has 0 aromatic carbocycles. The lowest BCUT2D eigenvalue weighted by Gasteiger charge is -2.34. The summed E-state index contributed by atoms with van der Waals surface area (Å²) < 4.78 is 9.90. The average molecular weight is 178 g/mol. The number of ether oxygens (including phenoxy) is 2. The van der Waals surface area contributed by atoms with Gasteiger partial charge in [-0.15, -0.1) is 0 Å². The van der Waals surface area contributed by atoms with Gasteiger partial charge in [-0.05, 0) is 6.92 Å². The molecule has 5 heteroatoms. The van der Waals surface area contributed by atoms with Crippen LogP contribution < -0.4 is 0 Å². The maximum atomic E-state index is 9.28. The lowest BCUT2D eigenvalue weighted by molar-refractivity contribution is -0.268. The summed E-state index contributed by atoms with van der Waals surface area (Å²) in [6, 6.07) is 0. The van der Waals surface area contributed by atoms with Crippen molar-refractivity contribution < 1.29 is 24.8 Å². The van der Waals surface area contributed by atoms with Gasteiger partial charge in [0.25, 0.3) is 0 Å². The highest BCUT2D eigenvalue weighted by atomic mass is 16.7. The van der Waals surface area contributed by atoms with Crippen molar-refractivity contribution in [3.05, 3.63) is 0 Å². The van der Waals surface area contributed by atoms with E-state index in [1.807, 2.05) is 0 Å². The van der Waals surface area contributed by atoms with Gasteiger partial charge in [-0.1, -0.05) is 0 Å². The van der Waals surface area contributed by atoms with Crippen molar-refractivity contribution in [3.63, 3.8) is 0 Å². The minimum absolute atomic E-state index is 0.0110. The summed E-state index contributed by atoms with van der Waals surface area (Å²) in [6.45, 7) is 2.14. The Balaban J connectivity index is 2.46. The fraction of sp³-hybridized carbons (Fsp3) is 1.00. The van der Waals surface area contributed by atoms with Crippen LogP contribution in [0.15, 0.2) is 0 Å². The second-order valence-corrected chi connectivity index (χ2v) is 2.71. The highest BCUT2D eigenvalue weighted by Crippen LogP contribution is 2.15. The summed E-state index contributed by atoms with van der Waals surface area (Å²) in [4.78, 5) is 0. The van der Waals surface area contributed by atoms with E-state index in [-0.39, 0.29) is 6.61 Å². The maximum absolute atomic E-state index is 9.28. The van der Waals surface area contributed by atoms with Crippen LogP contribution in [0.2, 0.25) is 0 Å². The van der Waals surface area contributed by atoms with E-state index in [2.05, 4.69) is 0 Å². The van der Waals surface area contributed by atoms with Crippen molar-refractivity contribution >= 4 is 0 Å². The Kier molecular flexibility index (Phi) is 3.42. The number of hydrogen-bond donors (Lipinski definition) is 3. The molecule has 1 aliphatic rings. The second-order valence-electron chi connectivity index (χ2n) is 2.71. The van der Waals surface area contributed by atoms with Crippen LogP contribution in [0.5, 0.6) is 0 Å². The fourth-order valence-corrected chi connectivity index (χ4v) is 1.09. The van der Waals surface area contributed by atoms with Crippen molar-refractivity contribution in [1.82, 2.24) is 0 Å². The lowest BCUT2D eigenvalue weighted by atomic mass is 10.1. The van der Waals surface area contributed by atoms with Crippen molar-refractivity contribution in [2.24, 2.45) is 0 Å². The summed E-state index contributed by atoms with van der Waals surface area (Å²) >= 11 is 0. The molecule has 0 unspecified atom stereocenters. The summed E-state index contributed by atoms with van der Waals surface area (Å²) in [5.41, 5.74) is 0. The third kappa shape index (κ3) is 1.94. The van der Waals surface area contributed by atoms with Gasteiger partial charge in [0.1, 0.15) is 18.3 Å². The molecule has 72 valence electrons. The van der Waals surface area contributed by atoms with Gasteiger partial charge in [0.05, 0.1) is 6.61 Å². The number of hydrogen-bond acceptors (Lipinski definition) is 5. The summed E-state index contributed by atoms with van der Waals surface area (Å²) in [6.07, 6.45) is -4.21. The predicted molar refractivity (Wildman–Crippen MR) is 39.4 cm³/mol. The molecule has 1 saturated heterocycles. The first-order chi connectivity index (χ1) is 5.66.